The highest BCUT2D eigenvalue weighted by Gasteiger charge is 2.23. The van der Waals surface area contributed by atoms with Crippen LogP contribution in [0, 0.1) is 16.0 Å². The number of hydrogen-bond acceptors (Lipinski definition) is 4. The first-order valence-corrected chi connectivity index (χ1v) is 5.67. The van der Waals surface area contributed by atoms with Crippen molar-refractivity contribution in [1.82, 2.24) is 0 Å². The zero-order chi connectivity index (χ0) is 12.4. The van der Waals surface area contributed by atoms with E-state index in [1.165, 1.54) is 25.0 Å². The molecule has 1 N–H and O–H groups in total. The minimum absolute atomic E-state index is 0.0281. The number of nitro benzene ring substituents is 1. The molecule has 1 aromatic rings. The highest BCUT2D eigenvalue weighted by Crippen LogP contribution is 2.33. The van der Waals surface area contributed by atoms with Gasteiger partial charge in [0, 0.05) is 17.7 Å². The predicted octanol–water partition coefficient (Wildman–Crippen LogP) is 2.44. The van der Waals surface area contributed by atoms with Gasteiger partial charge >= 0.3 is 0 Å². The van der Waals surface area contributed by atoms with Crippen LogP contribution in [0.1, 0.15) is 31.4 Å². The topological polar surface area (TPSA) is 72.6 Å². The van der Waals surface area contributed by atoms with Gasteiger partial charge in [-0.15, -0.1) is 0 Å². The summed E-state index contributed by atoms with van der Waals surface area (Å²) in [6, 6.07) is 4.32. The fourth-order valence-electron chi connectivity index (χ4n) is 1.60. The Labute approximate surface area is 99.2 Å². The average Bonchev–Trinajstić information content (AvgIpc) is 3.09. The van der Waals surface area contributed by atoms with Crippen LogP contribution in [0.15, 0.2) is 18.2 Å². The zero-order valence-corrected chi connectivity index (χ0v) is 9.63. The first kappa shape index (κ1) is 11.9. The van der Waals surface area contributed by atoms with E-state index in [1.807, 2.05) is 0 Å². The Morgan fingerprint density at radius 2 is 2.29 bits per heavy atom. The van der Waals surface area contributed by atoms with Crippen molar-refractivity contribution in [3.8, 4) is 5.75 Å². The summed E-state index contributed by atoms with van der Waals surface area (Å²) in [5, 5.41) is 20.2. The van der Waals surface area contributed by atoms with Crippen LogP contribution < -0.4 is 4.74 Å². The van der Waals surface area contributed by atoms with Crippen LogP contribution in [0.3, 0.4) is 0 Å². The fourth-order valence-corrected chi connectivity index (χ4v) is 1.60. The smallest absolute Gasteiger partial charge is 0.270 e. The SMILES string of the molecule is C[C@H](O)c1cc([N+](=O)[O-])ccc1OCC1CC1. The Balaban J connectivity index is 2.20. The number of nitro groups is 1. The van der Waals surface area contributed by atoms with Crippen molar-refractivity contribution in [1.29, 1.82) is 0 Å². The van der Waals surface area contributed by atoms with Crippen LogP contribution in [0.5, 0.6) is 5.75 Å². The lowest BCUT2D eigenvalue weighted by molar-refractivity contribution is -0.385. The molecule has 0 unspecified atom stereocenters. The Kier molecular flexibility index (Phi) is 3.28. The van der Waals surface area contributed by atoms with Crippen molar-refractivity contribution < 1.29 is 14.8 Å². The molecule has 0 amide bonds. The molecule has 5 heteroatoms. The molecule has 0 heterocycles. The van der Waals surface area contributed by atoms with Gasteiger partial charge < -0.3 is 9.84 Å². The van der Waals surface area contributed by atoms with Gasteiger partial charge in [-0.2, -0.15) is 0 Å². The van der Waals surface area contributed by atoms with Crippen molar-refractivity contribution in [2.24, 2.45) is 5.92 Å². The Morgan fingerprint density at radius 3 is 2.82 bits per heavy atom. The van der Waals surface area contributed by atoms with E-state index in [4.69, 9.17) is 4.74 Å². The van der Waals surface area contributed by atoms with Crippen molar-refractivity contribution in [2.45, 2.75) is 25.9 Å². The Bertz CT molecular complexity index is 427. The molecule has 0 radical (unpaired) electrons. The van der Waals surface area contributed by atoms with E-state index < -0.39 is 11.0 Å². The zero-order valence-electron chi connectivity index (χ0n) is 9.63. The first-order chi connectivity index (χ1) is 8.08. The van der Waals surface area contributed by atoms with E-state index in [0.717, 1.165) is 0 Å². The van der Waals surface area contributed by atoms with Crippen LogP contribution in [-0.2, 0) is 0 Å². The number of non-ortho nitro benzene ring substituents is 1. The van der Waals surface area contributed by atoms with Crippen molar-refractivity contribution in [3.63, 3.8) is 0 Å². The molecule has 0 aliphatic heterocycles. The minimum Gasteiger partial charge on any atom is -0.493 e. The fraction of sp³-hybridized carbons (Fsp3) is 0.500. The number of rotatable bonds is 5. The van der Waals surface area contributed by atoms with Crippen molar-refractivity contribution in [2.75, 3.05) is 6.61 Å². The molecule has 1 fully saturated rings. The molecule has 0 aromatic heterocycles. The number of benzene rings is 1. The highest BCUT2D eigenvalue weighted by atomic mass is 16.6. The number of ether oxygens (including phenoxy) is 1. The summed E-state index contributed by atoms with van der Waals surface area (Å²) in [6.45, 7) is 2.20. The van der Waals surface area contributed by atoms with E-state index in [2.05, 4.69) is 0 Å². The third-order valence-electron chi connectivity index (χ3n) is 2.83. The molecule has 17 heavy (non-hydrogen) atoms. The van der Waals surface area contributed by atoms with Gasteiger partial charge in [0.15, 0.2) is 0 Å². The number of aliphatic hydroxyl groups excluding tert-OH is 1. The van der Waals surface area contributed by atoms with E-state index >= 15 is 0 Å². The van der Waals surface area contributed by atoms with E-state index in [1.54, 1.807) is 13.0 Å². The molecule has 1 aromatic carbocycles. The second-order valence-corrected chi connectivity index (χ2v) is 4.41. The van der Waals surface area contributed by atoms with Crippen LogP contribution in [0.2, 0.25) is 0 Å². The molecule has 1 saturated carbocycles. The third kappa shape index (κ3) is 2.94. The monoisotopic (exact) mass is 237 g/mol. The summed E-state index contributed by atoms with van der Waals surface area (Å²) < 4.78 is 5.57. The maximum Gasteiger partial charge on any atom is 0.270 e. The summed E-state index contributed by atoms with van der Waals surface area (Å²) in [6.07, 6.45) is 1.58. The van der Waals surface area contributed by atoms with Crippen LogP contribution in [-0.4, -0.2) is 16.6 Å². The number of hydrogen-bond donors (Lipinski definition) is 1. The van der Waals surface area contributed by atoms with Gasteiger partial charge in [-0.05, 0) is 31.7 Å². The molecular formula is C12H15NO4. The summed E-state index contributed by atoms with van der Waals surface area (Å²) >= 11 is 0. The van der Waals surface area contributed by atoms with Gasteiger partial charge in [0.25, 0.3) is 5.69 Å². The summed E-state index contributed by atoms with van der Waals surface area (Å²) in [7, 11) is 0. The minimum atomic E-state index is -0.774. The molecule has 0 bridgehead atoms. The van der Waals surface area contributed by atoms with Crippen LogP contribution in [0.4, 0.5) is 5.69 Å². The third-order valence-corrected chi connectivity index (χ3v) is 2.83. The maximum absolute atomic E-state index is 10.6. The van der Waals surface area contributed by atoms with Gasteiger partial charge in [0.2, 0.25) is 0 Å². The molecule has 5 nitrogen and oxygen atoms in total. The largest absolute Gasteiger partial charge is 0.493 e. The second kappa shape index (κ2) is 4.71. The first-order valence-electron chi connectivity index (χ1n) is 5.67. The normalized spacial score (nSPS) is 16.6. The summed E-state index contributed by atoms with van der Waals surface area (Å²) in [4.78, 5) is 10.2. The van der Waals surface area contributed by atoms with Gasteiger partial charge in [-0.25, -0.2) is 0 Å². The highest BCUT2D eigenvalue weighted by molar-refractivity contribution is 5.44. The standard InChI is InChI=1S/C12H15NO4/c1-8(14)11-6-10(13(15)16)4-5-12(11)17-7-9-2-3-9/h4-6,8-9,14H,2-3,7H2,1H3/t8-/m0/s1. The predicted molar refractivity (Wildman–Crippen MR) is 61.9 cm³/mol. The number of aliphatic hydroxyl groups is 1. The second-order valence-electron chi connectivity index (χ2n) is 4.41. The Hall–Kier alpha value is -1.62. The molecule has 0 spiro atoms. The molecular weight excluding hydrogens is 222 g/mol. The molecule has 1 atom stereocenters. The quantitative estimate of drug-likeness (QED) is 0.630. The molecule has 0 saturated heterocycles. The van der Waals surface area contributed by atoms with Crippen molar-refractivity contribution >= 4 is 5.69 Å². The lowest BCUT2D eigenvalue weighted by Gasteiger charge is -2.12. The summed E-state index contributed by atoms with van der Waals surface area (Å²) in [5.41, 5.74) is 0.444. The average molecular weight is 237 g/mol. The number of nitrogens with zero attached hydrogens (tertiary/aromatic N) is 1. The van der Waals surface area contributed by atoms with Gasteiger partial charge in [0.05, 0.1) is 17.6 Å². The van der Waals surface area contributed by atoms with E-state index in [0.29, 0.717) is 23.8 Å². The van der Waals surface area contributed by atoms with Gasteiger partial charge in [-0.3, -0.25) is 10.1 Å². The van der Waals surface area contributed by atoms with Crippen molar-refractivity contribution in [3.05, 3.63) is 33.9 Å². The molecule has 92 valence electrons. The molecule has 2 rings (SSSR count). The van der Waals surface area contributed by atoms with E-state index in [9.17, 15) is 15.2 Å². The van der Waals surface area contributed by atoms with Crippen LogP contribution >= 0.6 is 0 Å². The lowest BCUT2D eigenvalue weighted by atomic mass is 10.1. The van der Waals surface area contributed by atoms with Gasteiger partial charge in [-0.1, -0.05) is 0 Å². The molecule has 1 aliphatic rings. The lowest BCUT2D eigenvalue weighted by Crippen LogP contribution is -2.04. The Morgan fingerprint density at radius 1 is 1.59 bits per heavy atom. The molecule has 1 aliphatic carbocycles. The maximum atomic E-state index is 10.6. The van der Waals surface area contributed by atoms with E-state index in [-0.39, 0.29) is 5.69 Å². The summed E-state index contributed by atoms with van der Waals surface area (Å²) in [5.74, 6) is 1.14. The van der Waals surface area contributed by atoms with Crippen LogP contribution in [0.25, 0.3) is 0 Å². The van der Waals surface area contributed by atoms with Gasteiger partial charge in [0.1, 0.15) is 5.75 Å².